The Bertz CT molecular complexity index is 970. The lowest BCUT2D eigenvalue weighted by Gasteiger charge is -2.11. The molecule has 28 heavy (non-hydrogen) atoms. The van der Waals surface area contributed by atoms with Crippen LogP contribution in [0.1, 0.15) is 21.6 Å². The first-order valence-electron chi connectivity index (χ1n) is 8.80. The van der Waals surface area contributed by atoms with Gasteiger partial charge in [0.1, 0.15) is 10.6 Å². The number of ether oxygens (including phenoxy) is 2. The molecule has 7 heteroatoms. The van der Waals surface area contributed by atoms with E-state index in [9.17, 15) is 9.59 Å². The Morgan fingerprint density at radius 2 is 1.79 bits per heavy atom. The highest BCUT2D eigenvalue weighted by atomic mass is 32.1. The molecular weight excluding hydrogens is 376 g/mol. The minimum Gasteiger partial charge on any atom is -0.492 e. The van der Waals surface area contributed by atoms with Crippen molar-refractivity contribution in [3.05, 3.63) is 64.5 Å². The maximum atomic E-state index is 12.5. The van der Waals surface area contributed by atoms with E-state index in [4.69, 9.17) is 9.47 Å². The van der Waals surface area contributed by atoms with Gasteiger partial charge in [-0.15, -0.1) is 11.3 Å². The van der Waals surface area contributed by atoms with Crippen molar-refractivity contribution in [1.29, 1.82) is 0 Å². The largest absolute Gasteiger partial charge is 0.492 e. The second kappa shape index (κ2) is 9.14. The first kappa shape index (κ1) is 19.6. The molecule has 0 atom stereocenters. The van der Waals surface area contributed by atoms with E-state index in [1.54, 1.807) is 18.2 Å². The fourth-order valence-electron chi connectivity index (χ4n) is 2.59. The Balaban J connectivity index is 1.66. The molecule has 1 amide bonds. The Labute approximate surface area is 167 Å². The lowest BCUT2D eigenvalue weighted by atomic mass is 10.1. The molecule has 1 heterocycles. The van der Waals surface area contributed by atoms with Crippen LogP contribution in [0.3, 0.4) is 0 Å². The van der Waals surface area contributed by atoms with Crippen molar-refractivity contribution in [3.63, 3.8) is 0 Å². The molecule has 0 bridgehead atoms. The van der Waals surface area contributed by atoms with Gasteiger partial charge in [-0.05, 0) is 26.0 Å². The van der Waals surface area contributed by atoms with E-state index in [0.717, 1.165) is 10.6 Å². The van der Waals surface area contributed by atoms with Gasteiger partial charge in [-0.25, -0.2) is 9.78 Å². The normalized spacial score (nSPS) is 10.4. The minimum atomic E-state index is -0.572. The summed E-state index contributed by atoms with van der Waals surface area (Å²) < 4.78 is 10.7. The third-order valence-electron chi connectivity index (χ3n) is 3.76. The van der Waals surface area contributed by atoms with Crippen molar-refractivity contribution < 1.29 is 19.1 Å². The van der Waals surface area contributed by atoms with Crippen LogP contribution in [0.5, 0.6) is 5.75 Å². The zero-order valence-electron chi connectivity index (χ0n) is 15.6. The quantitative estimate of drug-likeness (QED) is 0.602. The number of benzene rings is 2. The molecule has 144 valence electrons. The van der Waals surface area contributed by atoms with Gasteiger partial charge < -0.3 is 14.8 Å². The number of hydrogen-bond donors (Lipinski definition) is 1. The molecule has 0 radical (unpaired) electrons. The molecule has 6 nitrogen and oxygen atoms in total. The third kappa shape index (κ3) is 4.75. The summed E-state index contributed by atoms with van der Waals surface area (Å²) in [5.74, 6) is -0.449. The van der Waals surface area contributed by atoms with Crippen LogP contribution in [-0.2, 0) is 9.53 Å². The maximum Gasteiger partial charge on any atom is 0.351 e. The van der Waals surface area contributed by atoms with E-state index < -0.39 is 18.5 Å². The van der Waals surface area contributed by atoms with Crippen molar-refractivity contribution in [2.45, 2.75) is 13.8 Å². The highest BCUT2D eigenvalue weighted by Crippen LogP contribution is 2.28. The van der Waals surface area contributed by atoms with E-state index in [1.807, 2.05) is 50.2 Å². The standard InChI is InChI=1S/C21H20N2O4S/c1-3-26-17-12-8-7-11-16(17)23-18(24)13-27-21(25)20-19(22-14(2)28-20)15-9-5-4-6-10-15/h4-12H,3,13H2,1-2H3,(H,23,24). The molecule has 1 aromatic heterocycles. The number of para-hydroxylation sites is 2. The Kier molecular flexibility index (Phi) is 6.39. The fraction of sp³-hybridized carbons (Fsp3) is 0.190. The maximum absolute atomic E-state index is 12.5. The lowest BCUT2D eigenvalue weighted by Crippen LogP contribution is -2.21. The molecule has 0 fully saturated rings. The van der Waals surface area contributed by atoms with Crippen LogP contribution in [-0.4, -0.2) is 30.1 Å². The molecule has 0 aliphatic rings. The molecule has 0 saturated heterocycles. The number of carbonyl (C=O) groups is 2. The summed E-state index contributed by atoms with van der Waals surface area (Å²) in [5, 5.41) is 3.45. The summed E-state index contributed by atoms with van der Waals surface area (Å²) in [4.78, 5) is 29.5. The van der Waals surface area contributed by atoms with Gasteiger partial charge in [0.05, 0.1) is 23.0 Å². The van der Waals surface area contributed by atoms with Gasteiger partial charge in [0, 0.05) is 5.56 Å². The number of carbonyl (C=O) groups excluding carboxylic acids is 2. The van der Waals surface area contributed by atoms with Gasteiger partial charge in [-0.1, -0.05) is 42.5 Å². The Morgan fingerprint density at radius 3 is 2.54 bits per heavy atom. The zero-order valence-corrected chi connectivity index (χ0v) is 16.4. The summed E-state index contributed by atoms with van der Waals surface area (Å²) in [6.45, 7) is 3.77. The van der Waals surface area contributed by atoms with Gasteiger partial charge >= 0.3 is 5.97 Å². The number of aryl methyl sites for hydroxylation is 1. The summed E-state index contributed by atoms with van der Waals surface area (Å²) >= 11 is 1.24. The van der Waals surface area contributed by atoms with Gasteiger partial charge in [-0.3, -0.25) is 4.79 Å². The van der Waals surface area contributed by atoms with Gasteiger partial charge in [0.2, 0.25) is 0 Å². The molecule has 0 aliphatic heterocycles. The fourth-order valence-corrected chi connectivity index (χ4v) is 3.43. The van der Waals surface area contributed by atoms with E-state index in [0.29, 0.717) is 28.6 Å². The SMILES string of the molecule is CCOc1ccccc1NC(=O)COC(=O)c1sc(C)nc1-c1ccccc1. The summed E-state index contributed by atoms with van der Waals surface area (Å²) in [6, 6.07) is 16.5. The van der Waals surface area contributed by atoms with Gasteiger partial charge in [0.25, 0.3) is 5.91 Å². The van der Waals surface area contributed by atoms with Crippen LogP contribution in [0.4, 0.5) is 5.69 Å². The molecule has 3 rings (SSSR count). The van der Waals surface area contributed by atoms with Crippen molar-refractivity contribution in [1.82, 2.24) is 4.98 Å². The number of aromatic nitrogens is 1. The highest BCUT2D eigenvalue weighted by Gasteiger charge is 2.20. The Hall–Kier alpha value is -3.19. The second-order valence-corrected chi connectivity index (χ2v) is 7.03. The van der Waals surface area contributed by atoms with Crippen LogP contribution < -0.4 is 10.1 Å². The van der Waals surface area contributed by atoms with E-state index in [2.05, 4.69) is 10.3 Å². The smallest absolute Gasteiger partial charge is 0.351 e. The van der Waals surface area contributed by atoms with E-state index >= 15 is 0 Å². The molecular formula is C21H20N2O4S. The molecule has 2 aromatic carbocycles. The predicted octanol–water partition coefficient (Wildman–Crippen LogP) is 4.31. The van der Waals surface area contributed by atoms with Crippen molar-refractivity contribution in [3.8, 4) is 17.0 Å². The number of nitrogens with one attached hydrogen (secondary N) is 1. The van der Waals surface area contributed by atoms with Crippen LogP contribution in [0.15, 0.2) is 54.6 Å². The monoisotopic (exact) mass is 396 g/mol. The number of rotatable bonds is 7. The predicted molar refractivity (Wildman–Crippen MR) is 109 cm³/mol. The molecule has 0 unspecified atom stereocenters. The number of hydrogen-bond acceptors (Lipinski definition) is 6. The molecule has 0 aliphatic carbocycles. The van der Waals surface area contributed by atoms with Crippen molar-refractivity contribution in [2.24, 2.45) is 0 Å². The minimum absolute atomic E-state index is 0.381. The number of nitrogens with zero attached hydrogens (tertiary/aromatic N) is 1. The van der Waals surface area contributed by atoms with Crippen LogP contribution in [0, 0.1) is 6.92 Å². The summed E-state index contributed by atoms with van der Waals surface area (Å²) in [5.41, 5.74) is 1.92. The van der Waals surface area contributed by atoms with E-state index in [1.165, 1.54) is 11.3 Å². The number of anilines is 1. The third-order valence-corrected chi connectivity index (χ3v) is 4.71. The molecule has 3 aromatic rings. The molecule has 0 spiro atoms. The molecule has 0 saturated carbocycles. The highest BCUT2D eigenvalue weighted by molar-refractivity contribution is 7.14. The molecule has 1 N–H and O–H groups in total. The number of thiazole rings is 1. The average molecular weight is 396 g/mol. The number of amides is 1. The van der Waals surface area contributed by atoms with Crippen LogP contribution in [0.2, 0.25) is 0 Å². The Morgan fingerprint density at radius 1 is 1.07 bits per heavy atom. The lowest BCUT2D eigenvalue weighted by molar-refractivity contribution is -0.119. The van der Waals surface area contributed by atoms with Crippen molar-refractivity contribution in [2.75, 3.05) is 18.5 Å². The van der Waals surface area contributed by atoms with Crippen LogP contribution >= 0.6 is 11.3 Å². The first-order chi connectivity index (χ1) is 13.6. The van der Waals surface area contributed by atoms with Crippen molar-refractivity contribution >= 4 is 28.9 Å². The van der Waals surface area contributed by atoms with Gasteiger partial charge in [-0.2, -0.15) is 0 Å². The van der Waals surface area contributed by atoms with E-state index in [-0.39, 0.29) is 0 Å². The van der Waals surface area contributed by atoms with Crippen LogP contribution in [0.25, 0.3) is 11.3 Å². The summed E-state index contributed by atoms with van der Waals surface area (Å²) in [6.07, 6.45) is 0. The van der Waals surface area contributed by atoms with Gasteiger partial charge in [0.15, 0.2) is 6.61 Å². The summed E-state index contributed by atoms with van der Waals surface area (Å²) in [7, 11) is 0. The zero-order chi connectivity index (χ0) is 19.9. The second-order valence-electron chi connectivity index (χ2n) is 5.83. The number of esters is 1. The first-order valence-corrected chi connectivity index (χ1v) is 9.61. The topological polar surface area (TPSA) is 77.5 Å². The average Bonchev–Trinajstić information content (AvgIpc) is 3.10.